The Morgan fingerprint density at radius 1 is 1.00 bits per heavy atom. The Bertz CT molecular complexity index is 1050. The number of H-pyrrole nitrogens is 1. The maximum absolute atomic E-state index is 13.7. The minimum atomic E-state index is -0.258. The van der Waals surface area contributed by atoms with E-state index in [1.807, 2.05) is 43.3 Å². The lowest BCUT2D eigenvalue weighted by atomic mass is 10.0. The first kappa shape index (κ1) is 15.3. The van der Waals surface area contributed by atoms with Crippen molar-refractivity contribution in [3.05, 3.63) is 66.1 Å². The third kappa shape index (κ3) is 2.96. The number of halogens is 1. The van der Waals surface area contributed by atoms with Crippen LogP contribution in [0.15, 0.2) is 54.7 Å². The third-order valence-corrected chi connectivity index (χ3v) is 4.14. The van der Waals surface area contributed by atoms with E-state index in [1.54, 1.807) is 13.3 Å². The molecule has 2 aromatic carbocycles. The van der Waals surface area contributed by atoms with Crippen LogP contribution < -0.4 is 4.74 Å². The van der Waals surface area contributed by atoms with Crippen molar-refractivity contribution in [2.75, 3.05) is 7.11 Å². The second-order valence-electron chi connectivity index (χ2n) is 5.98. The largest absolute Gasteiger partial charge is 0.497 e. The first-order chi connectivity index (χ1) is 12.1. The van der Waals surface area contributed by atoms with Gasteiger partial charge in [-0.15, -0.1) is 5.10 Å². The topological polar surface area (TPSA) is 50.8 Å². The summed E-state index contributed by atoms with van der Waals surface area (Å²) >= 11 is 0. The number of nitrogens with one attached hydrogen (secondary N) is 1. The summed E-state index contributed by atoms with van der Waals surface area (Å²) in [7, 11) is 1.64. The molecule has 0 fully saturated rings. The van der Waals surface area contributed by atoms with Crippen LogP contribution in [0.25, 0.3) is 33.4 Å². The lowest BCUT2D eigenvalue weighted by molar-refractivity contribution is 0.415. The van der Waals surface area contributed by atoms with Crippen molar-refractivity contribution >= 4 is 10.9 Å². The molecule has 0 atom stereocenters. The van der Waals surface area contributed by atoms with Gasteiger partial charge in [-0.25, -0.2) is 4.39 Å². The monoisotopic (exact) mass is 333 g/mol. The standard InChI is InChI=1S/C20H16FN3O/c1-12-5-14(7-16(21)6-12)15-9-20(24-22-11-15)19-8-13-3-4-17(25-2)10-18(13)23-19/h3-11,23H,1-2H3. The van der Waals surface area contributed by atoms with E-state index >= 15 is 0 Å². The zero-order chi connectivity index (χ0) is 17.4. The number of hydrogen-bond donors (Lipinski definition) is 1. The number of benzene rings is 2. The highest BCUT2D eigenvalue weighted by Gasteiger charge is 2.09. The van der Waals surface area contributed by atoms with Gasteiger partial charge in [0.2, 0.25) is 0 Å². The average Bonchev–Trinajstić information content (AvgIpc) is 3.04. The molecule has 0 aliphatic heterocycles. The van der Waals surface area contributed by atoms with Crippen LogP contribution in [0.1, 0.15) is 5.56 Å². The summed E-state index contributed by atoms with van der Waals surface area (Å²) in [5, 5.41) is 9.35. The van der Waals surface area contributed by atoms with Gasteiger partial charge in [-0.1, -0.05) is 6.07 Å². The number of hydrogen-bond acceptors (Lipinski definition) is 3. The maximum atomic E-state index is 13.7. The van der Waals surface area contributed by atoms with E-state index in [2.05, 4.69) is 15.2 Å². The molecule has 0 aliphatic rings. The fraction of sp³-hybridized carbons (Fsp3) is 0.100. The fourth-order valence-electron chi connectivity index (χ4n) is 2.93. The van der Waals surface area contributed by atoms with Gasteiger partial charge in [-0.2, -0.15) is 5.10 Å². The predicted molar refractivity (Wildman–Crippen MR) is 96.0 cm³/mol. The van der Waals surface area contributed by atoms with E-state index in [-0.39, 0.29) is 5.82 Å². The minimum absolute atomic E-state index is 0.258. The number of rotatable bonds is 3. The highest BCUT2D eigenvalue weighted by molar-refractivity contribution is 5.86. The van der Waals surface area contributed by atoms with Gasteiger partial charge in [0.25, 0.3) is 0 Å². The molecule has 124 valence electrons. The molecule has 0 saturated carbocycles. The second-order valence-corrected chi connectivity index (χ2v) is 5.98. The molecular weight excluding hydrogens is 317 g/mol. The lowest BCUT2D eigenvalue weighted by Gasteiger charge is -2.05. The summed E-state index contributed by atoms with van der Waals surface area (Å²) < 4.78 is 18.9. The molecule has 2 heterocycles. The number of aromatic amines is 1. The van der Waals surface area contributed by atoms with E-state index in [1.165, 1.54) is 12.1 Å². The molecule has 0 aliphatic carbocycles. The second kappa shape index (κ2) is 6.02. The highest BCUT2D eigenvalue weighted by atomic mass is 19.1. The number of fused-ring (bicyclic) bond motifs is 1. The number of aromatic nitrogens is 3. The molecule has 0 amide bonds. The normalized spacial score (nSPS) is 11.0. The predicted octanol–water partition coefficient (Wildman–Crippen LogP) is 4.75. The van der Waals surface area contributed by atoms with Crippen LogP contribution in [-0.2, 0) is 0 Å². The first-order valence-corrected chi connectivity index (χ1v) is 7.90. The summed E-state index contributed by atoms with van der Waals surface area (Å²) in [4.78, 5) is 3.33. The van der Waals surface area contributed by atoms with Crippen LogP contribution >= 0.6 is 0 Å². The van der Waals surface area contributed by atoms with Crippen LogP contribution in [0.5, 0.6) is 5.75 Å². The average molecular weight is 333 g/mol. The zero-order valence-corrected chi connectivity index (χ0v) is 13.9. The van der Waals surface area contributed by atoms with Crippen molar-refractivity contribution in [3.8, 4) is 28.3 Å². The van der Waals surface area contributed by atoms with Crippen LogP contribution in [0, 0.1) is 12.7 Å². The van der Waals surface area contributed by atoms with Gasteiger partial charge in [0.15, 0.2) is 0 Å². The first-order valence-electron chi connectivity index (χ1n) is 7.90. The molecule has 25 heavy (non-hydrogen) atoms. The van der Waals surface area contributed by atoms with Crippen molar-refractivity contribution in [3.63, 3.8) is 0 Å². The number of methoxy groups -OCH3 is 1. The zero-order valence-electron chi connectivity index (χ0n) is 13.9. The van der Waals surface area contributed by atoms with Gasteiger partial charge >= 0.3 is 0 Å². The quantitative estimate of drug-likeness (QED) is 0.589. The summed E-state index contributed by atoms with van der Waals surface area (Å²) in [6.45, 7) is 1.87. The molecule has 2 aromatic heterocycles. The molecule has 0 unspecified atom stereocenters. The summed E-state index contributed by atoms with van der Waals surface area (Å²) in [6.07, 6.45) is 1.64. The Labute approximate surface area is 144 Å². The summed E-state index contributed by atoms with van der Waals surface area (Å²) in [5.74, 6) is 0.530. The third-order valence-electron chi connectivity index (χ3n) is 4.14. The molecule has 4 aromatic rings. The smallest absolute Gasteiger partial charge is 0.124 e. The van der Waals surface area contributed by atoms with E-state index < -0.39 is 0 Å². The van der Waals surface area contributed by atoms with Crippen LogP contribution in [0.4, 0.5) is 4.39 Å². The van der Waals surface area contributed by atoms with E-state index in [0.717, 1.165) is 39.0 Å². The number of ether oxygens (including phenoxy) is 1. The number of aryl methyl sites for hydroxylation is 1. The fourth-order valence-corrected chi connectivity index (χ4v) is 2.93. The molecule has 5 heteroatoms. The van der Waals surface area contributed by atoms with Crippen molar-refractivity contribution in [1.82, 2.24) is 15.2 Å². The Morgan fingerprint density at radius 2 is 1.88 bits per heavy atom. The molecule has 0 radical (unpaired) electrons. The van der Waals surface area contributed by atoms with E-state index in [0.29, 0.717) is 5.69 Å². The SMILES string of the molecule is COc1ccc2cc(-c3cc(-c4cc(C)cc(F)c4)cnn3)[nH]c2c1. The van der Waals surface area contributed by atoms with Gasteiger partial charge in [-0.3, -0.25) is 0 Å². The molecule has 1 N–H and O–H groups in total. The van der Waals surface area contributed by atoms with E-state index in [9.17, 15) is 4.39 Å². The van der Waals surface area contributed by atoms with Gasteiger partial charge in [-0.05, 0) is 54.4 Å². The Balaban J connectivity index is 1.79. The molecule has 0 saturated heterocycles. The van der Waals surface area contributed by atoms with Crippen molar-refractivity contribution in [2.24, 2.45) is 0 Å². The summed E-state index contributed by atoms with van der Waals surface area (Å²) in [5.41, 5.74) is 4.99. The summed E-state index contributed by atoms with van der Waals surface area (Å²) in [6, 6.07) is 14.7. The van der Waals surface area contributed by atoms with Crippen LogP contribution in [0.2, 0.25) is 0 Å². The molecule has 4 nitrogen and oxygen atoms in total. The van der Waals surface area contributed by atoms with Gasteiger partial charge in [0, 0.05) is 22.5 Å². The van der Waals surface area contributed by atoms with Crippen molar-refractivity contribution in [2.45, 2.75) is 6.92 Å². The number of nitrogens with zero attached hydrogens (tertiary/aromatic N) is 2. The molecule has 0 spiro atoms. The lowest BCUT2D eigenvalue weighted by Crippen LogP contribution is -1.90. The maximum Gasteiger partial charge on any atom is 0.124 e. The van der Waals surface area contributed by atoms with Crippen molar-refractivity contribution < 1.29 is 9.13 Å². The molecular formula is C20H16FN3O. The Morgan fingerprint density at radius 3 is 2.68 bits per heavy atom. The highest BCUT2D eigenvalue weighted by Crippen LogP contribution is 2.28. The van der Waals surface area contributed by atoms with Crippen molar-refractivity contribution in [1.29, 1.82) is 0 Å². The van der Waals surface area contributed by atoms with Gasteiger partial charge in [0.05, 0.1) is 19.0 Å². The minimum Gasteiger partial charge on any atom is -0.497 e. The van der Waals surface area contributed by atoms with E-state index in [4.69, 9.17) is 4.74 Å². The molecule has 0 bridgehead atoms. The Hall–Kier alpha value is -3.21. The van der Waals surface area contributed by atoms with Crippen LogP contribution in [-0.4, -0.2) is 22.3 Å². The molecule has 4 rings (SSSR count). The van der Waals surface area contributed by atoms with Crippen LogP contribution in [0.3, 0.4) is 0 Å². The Kier molecular flexibility index (Phi) is 3.69. The van der Waals surface area contributed by atoms with Gasteiger partial charge in [0.1, 0.15) is 17.3 Å². The van der Waals surface area contributed by atoms with Gasteiger partial charge < -0.3 is 9.72 Å².